The van der Waals surface area contributed by atoms with Gasteiger partial charge >= 0.3 is 0 Å². The zero-order valence-electron chi connectivity index (χ0n) is 18.8. The summed E-state index contributed by atoms with van der Waals surface area (Å²) >= 11 is 5.83. The van der Waals surface area contributed by atoms with E-state index in [1.807, 2.05) is 48.7 Å². The van der Waals surface area contributed by atoms with E-state index in [0.717, 1.165) is 28.3 Å². The number of hydrogen-bond donors (Lipinski definition) is 1. The van der Waals surface area contributed by atoms with Crippen molar-refractivity contribution in [2.24, 2.45) is 0 Å². The second-order valence-electron chi connectivity index (χ2n) is 8.45. The molecule has 1 aliphatic rings. The van der Waals surface area contributed by atoms with Gasteiger partial charge in [0.1, 0.15) is 5.82 Å². The van der Waals surface area contributed by atoms with E-state index in [1.165, 1.54) is 11.6 Å². The molecule has 4 nitrogen and oxygen atoms in total. The van der Waals surface area contributed by atoms with Crippen molar-refractivity contribution in [2.75, 3.05) is 4.90 Å². The molecule has 6 heteroatoms. The monoisotopic (exact) mass is 456 g/mol. The number of aromatic nitrogens is 2. The molecule has 0 spiro atoms. The van der Waals surface area contributed by atoms with Gasteiger partial charge in [0.25, 0.3) is 0 Å². The van der Waals surface area contributed by atoms with E-state index in [2.05, 4.69) is 52.5 Å². The number of nitrogens with zero attached hydrogens (tertiary/aromatic N) is 3. The number of aryl methyl sites for hydroxylation is 2. The van der Waals surface area contributed by atoms with Gasteiger partial charge in [-0.1, -0.05) is 35.9 Å². The SMILES string of the molecule is Cc1ccc(N2C(=S)N[C@H](c3ccccn3)[C@@H]2c2cc(C)n(-c3ccccc3F)c2C)cc1. The highest BCUT2D eigenvalue weighted by molar-refractivity contribution is 7.80. The van der Waals surface area contributed by atoms with E-state index >= 15 is 0 Å². The first-order valence-corrected chi connectivity index (χ1v) is 11.4. The Hall–Kier alpha value is -3.51. The number of nitrogens with one attached hydrogen (secondary N) is 1. The fraction of sp³-hybridized carbons (Fsp3) is 0.185. The van der Waals surface area contributed by atoms with Crippen LogP contribution in [0.5, 0.6) is 0 Å². The van der Waals surface area contributed by atoms with E-state index in [4.69, 9.17) is 12.2 Å². The maximum atomic E-state index is 14.7. The lowest BCUT2D eigenvalue weighted by atomic mass is 9.96. The number of hydrogen-bond acceptors (Lipinski definition) is 2. The minimum Gasteiger partial charge on any atom is -0.351 e. The second kappa shape index (κ2) is 8.45. The van der Waals surface area contributed by atoms with Gasteiger partial charge in [-0.15, -0.1) is 0 Å². The van der Waals surface area contributed by atoms with E-state index in [-0.39, 0.29) is 17.9 Å². The Morgan fingerprint density at radius 3 is 2.36 bits per heavy atom. The molecule has 3 heterocycles. The van der Waals surface area contributed by atoms with Crippen molar-refractivity contribution in [3.05, 3.63) is 113 Å². The molecule has 0 aliphatic carbocycles. The van der Waals surface area contributed by atoms with Crippen LogP contribution in [0, 0.1) is 26.6 Å². The number of anilines is 1. The van der Waals surface area contributed by atoms with Crippen molar-refractivity contribution >= 4 is 23.0 Å². The Morgan fingerprint density at radius 1 is 0.939 bits per heavy atom. The number of benzene rings is 2. The van der Waals surface area contributed by atoms with Crippen LogP contribution in [0.25, 0.3) is 5.69 Å². The molecule has 4 aromatic rings. The van der Waals surface area contributed by atoms with Crippen molar-refractivity contribution in [3.63, 3.8) is 0 Å². The molecule has 5 rings (SSSR count). The van der Waals surface area contributed by atoms with Crippen molar-refractivity contribution in [3.8, 4) is 5.69 Å². The first-order valence-electron chi connectivity index (χ1n) is 11.0. The third kappa shape index (κ3) is 3.70. The smallest absolute Gasteiger partial charge is 0.174 e. The molecule has 166 valence electrons. The molecule has 2 aromatic carbocycles. The van der Waals surface area contributed by atoms with Crippen LogP contribution in [0.15, 0.2) is 79.0 Å². The quantitative estimate of drug-likeness (QED) is 0.376. The molecule has 2 aromatic heterocycles. The summed E-state index contributed by atoms with van der Waals surface area (Å²) in [5, 5.41) is 4.15. The second-order valence-corrected chi connectivity index (χ2v) is 8.83. The molecule has 0 saturated carbocycles. The van der Waals surface area contributed by atoms with Crippen LogP contribution in [0.1, 0.15) is 40.3 Å². The summed E-state index contributed by atoms with van der Waals surface area (Å²) in [4.78, 5) is 6.78. The van der Waals surface area contributed by atoms with Crippen molar-refractivity contribution < 1.29 is 4.39 Å². The molecule has 1 N–H and O–H groups in total. The maximum absolute atomic E-state index is 14.7. The third-order valence-corrected chi connectivity index (χ3v) is 6.61. The molecular formula is C27H25FN4S. The molecule has 1 aliphatic heterocycles. The largest absolute Gasteiger partial charge is 0.351 e. The van der Waals surface area contributed by atoms with Crippen molar-refractivity contribution in [2.45, 2.75) is 32.9 Å². The number of halogens is 1. The average Bonchev–Trinajstić information content (AvgIpc) is 3.31. The Balaban J connectivity index is 1.69. The van der Waals surface area contributed by atoms with Crippen LogP contribution in [-0.2, 0) is 0 Å². The predicted molar refractivity (Wildman–Crippen MR) is 134 cm³/mol. The van der Waals surface area contributed by atoms with Gasteiger partial charge in [0, 0.05) is 23.3 Å². The first-order chi connectivity index (χ1) is 16.0. The summed E-state index contributed by atoms with van der Waals surface area (Å²) in [5.74, 6) is -0.248. The zero-order chi connectivity index (χ0) is 23.1. The number of para-hydroxylation sites is 1. The summed E-state index contributed by atoms with van der Waals surface area (Å²) in [6.45, 7) is 6.12. The summed E-state index contributed by atoms with van der Waals surface area (Å²) in [6, 6.07) is 23.0. The molecule has 0 unspecified atom stereocenters. The van der Waals surface area contributed by atoms with Gasteiger partial charge in [0.15, 0.2) is 5.11 Å². The Kier molecular flexibility index (Phi) is 5.46. The van der Waals surface area contributed by atoms with E-state index in [9.17, 15) is 4.39 Å². The van der Waals surface area contributed by atoms with Crippen molar-refractivity contribution in [1.29, 1.82) is 0 Å². The summed E-state index contributed by atoms with van der Waals surface area (Å²) in [6.07, 6.45) is 1.80. The summed E-state index contributed by atoms with van der Waals surface area (Å²) in [5.41, 5.74) is 6.68. The maximum Gasteiger partial charge on any atom is 0.174 e. The lowest BCUT2D eigenvalue weighted by molar-refractivity contribution is 0.564. The van der Waals surface area contributed by atoms with E-state index in [0.29, 0.717) is 10.8 Å². The van der Waals surface area contributed by atoms with Gasteiger partial charge < -0.3 is 14.8 Å². The summed E-state index contributed by atoms with van der Waals surface area (Å²) < 4.78 is 16.7. The Morgan fingerprint density at radius 2 is 1.67 bits per heavy atom. The van der Waals surface area contributed by atoms with Crippen LogP contribution >= 0.6 is 12.2 Å². The normalized spacial score (nSPS) is 17.9. The van der Waals surface area contributed by atoms with Gasteiger partial charge in [-0.2, -0.15) is 0 Å². The minimum atomic E-state index is -0.248. The lowest BCUT2D eigenvalue weighted by Crippen LogP contribution is -2.29. The molecular weight excluding hydrogens is 431 g/mol. The highest BCUT2D eigenvalue weighted by Crippen LogP contribution is 2.43. The number of rotatable bonds is 4. The van der Waals surface area contributed by atoms with Gasteiger partial charge in [-0.3, -0.25) is 4.98 Å². The number of thiocarbonyl (C=S) groups is 1. The van der Waals surface area contributed by atoms with Crippen LogP contribution in [0.4, 0.5) is 10.1 Å². The zero-order valence-corrected chi connectivity index (χ0v) is 19.6. The molecule has 1 fully saturated rings. The summed E-state index contributed by atoms with van der Waals surface area (Å²) in [7, 11) is 0. The van der Waals surface area contributed by atoms with Crippen molar-refractivity contribution in [1.82, 2.24) is 14.9 Å². The molecule has 0 amide bonds. The van der Waals surface area contributed by atoms with E-state index < -0.39 is 0 Å². The Bertz CT molecular complexity index is 1310. The predicted octanol–water partition coefficient (Wildman–Crippen LogP) is 6.11. The minimum absolute atomic E-state index is 0.137. The van der Waals surface area contributed by atoms with Gasteiger partial charge in [0.2, 0.25) is 0 Å². The molecule has 1 saturated heterocycles. The third-order valence-electron chi connectivity index (χ3n) is 6.29. The molecule has 33 heavy (non-hydrogen) atoms. The molecule has 2 atom stereocenters. The fourth-order valence-corrected chi connectivity index (χ4v) is 5.09. The van der Waals surface area contributed by atoms with Gasteiger partial charge in [0.05, 0.1) is 23.5 Å². The van der Waals surface area contributed by atoms with Crippen LogP contribution < -0.4 is 10.2 Å². The average molecular weight is 457 g/mol. The van der Waals surface area contributed by atoms with E-state index in [1.54, 1.807) is 12.3 Å². The fourth-order valence-electron chi connectivity index (χ4n) is 4.75. The van der Waals surface area contributed by atoms with Gasteiger partial charge in [-0.05, 0) is 81.0 Å². The Labute approximate surface area is 198 Å². The van der Waals surface area contributed by atoms with Crippen LogP contribution in [0.2, 0.25) is 0 Å². The van der Waals surface area contributed by atoms with Crippen LogP contribution in [-0.4, -0.2) is 14.7 Å². The molecule has 0 bridgehead atoms. The standard InChI is InChI=1S/C27H25FN4S/c1-17-11-13-20(14-12-17)32-26(25(30-27(32)33)23-9-6-7-15-29-23)21-16-18(2)31(19(21)3)24-10-5-4-8-22(24)28/h4-16,25-26H,1-3H3,(H,30,33)/t25-,26+/m1/s1. The highest BCUT2D eigenvalue weighted by Gasteiger charge is 2.42. The molecule has 0 radical (unpaired) electrons. The van der Waals surface area contributed by atoms with Crippen LogP contribution in [0.3, 0.4) is 0 Å². The topological polar surface area (TPSA) is 33.1 Å². The lowest BCUT2D eigenvalue weighted by Gasteiger charge is -2.28. The highest BCUT2D eigenvalue weighted by atomic mass is 32.1. The number of pyridine rings is 1. The van der Waals surface area contributed by atoms with Gasteiger partial charge in [-0.25, -0.2) is 4.39 Å². The first kappa shape index (κ1) is 21.3.